The molecule has 0 aliphatic rings. The molecule has 0 saturated carbocycles. The van der Waals surface area contributed by atoms with Crippen LogP contribution >= 0.6 is 11.3 Å². The van der Waals surface area contributed by atoms with Crippen LogP contribution in [0.15, 0.2) is 53.9 Å². The zero-order valence-corrected chi connectivity index (χ0v) is 17.5. The topological polar surface area (TPSA) is 56.2 Å². The standard InChI is InChI=1S/C23H23N3O2S/c1-15-8-9-16(2)18(12-15)24-22(27)19-14-29-23(25-19)21-13-17-6-4-5-7-20(17)26(21)10-11-28-3/h4-9,12-14H,10-11H2,1-3H3,(H,24,27). The number of nitrogens with one attached hydrogen (secondary N) is 1. The number of rotatable bonds is 6. The first-order chi connectivity index (χ1) is 14.1. The lowest BCUT2D eigenvalue weighted by Crippen LogP contribution is -2.13. The van der Waals surface area contributed by atoms with Crippen molar-refractivity contribution in [3.8, 4) is 10.7 Å². The van der Waals surface area contributed by atoms with E-state index in [9.17, 15) is 4.79 Å². The van der Waals surface area contributed by atoms with Crippen LogP contribution < -0.4 is 5.32 Å². The Kier molecular flexibility index (Phi) is 5.47. The summed E-state index contributed by atoms with van der Waals surface area (Å²) in [7, 11) is 1.70. The van der Waals surface area contributed by atoms with Crippen LogP contribution in [0.5, 0.6) is 0 Å². The van der Waals surface area contributed by atoms with Gasteiger partial charge in [-0.05, 0) is 43.2 Å². The van der Waals surface area contributed by atoms with Crippen molar-refractivity contribution in [2.24, 2.45) is 0 Å². The number of fused-ring (bicyclic) bond motifs is 1. The van der Waals surface area contributed by atoms with Crippen LogP contribution in [0.3, 0.4) is 0 Å². The van der Waals surface area contributed by atoms with E-state index >= 15 is 0 Å². The van der Waals surface area contributed by atoms with Gasteiger partial charge in [-0.1, -0.05) is 30.3 Å². The number of thiazole rings is 1. The summed E-state index contributed by atoms with van der Waals surface area (Å²) in [5, 5.41) is 6.77. The first-order valence-corrected chi connectivity index (χ1v) is 10.4. The summed E-state index contributed by atoms with van der Waals surface area (Å²) in [6, 6.07) is 16.4. The van der Waals surface area contributed by atoms with E-state index in [-0.39, 0.29) is 5.91 Å². The Morgan fingerprint density at radius 1 is 1.17 bits per heavy atom. The predicted molar refractivity (Wildman–Crippen MR) is 119 cm³/mol. The molecule has 5 nitrogen and oxygen atoms in total. The number of aromatic nitrogens is 2. The minimum absolute atomic E-state index is 0.194. The third-order valence-corrected chi connectivity index (χ3v) is 5.79. The number of nitrogens with zero attached hydrogens (tertiary/aromatic N) is 2. The van der Waals surface area contributed by atoms with Gasteiger partial charge >= 0.3 is 0 Å². The number of methoxy groups -OCH3 is 1. The number of aryl methyl sites for hydroxylation is 2. The summed E-state index contributed by atoms with van der Waals surface area (Å²) >= 11 is 1.48. The number of ether oxygens (including phenoxy) is 1. The van der Waals surface area contributed by atoms with Gasteiger partial charge in [0.1, 0.15) is 10.7 Å². The number of anilines is 1. The highest BCUT2D eigenvalue weighted by Crippen LogP contribution is 2.31. The lowest BCUT2D eigenvalue weighted by Gasteiger charge is -2.09. The van der Waals surface area contributed by atoms with E-state index in [1.165, 1.54) is 11.3 Å². The average Bonchev–Trinajstić information content (AvgIpc) is 3.34. The molecule has 2 heterocycles. The van der Waals surface area contributed by atoms with Crippen LogP contribution in [0, 0.1) is 13.8 Å². The molecular weight excluding hydrogens is 382 g/mol. The number of amides is 1. The number of benzene rings is 2. The monoisotopic (exact) mass is 405 g/mol. The minimum atomic E-state index is -0.194. The number of carbonyl (C=O) groups is 1. The Labute approximate surface area is 174 Å². The number of hydrogen-bond donors (Lipinski definition) is 1. The zero-order chi connectivity index (χ0) is 20.4. The number of para-hydroxylation sites is 1. The van der Waals surface area contributed by atoms with Gasteiger partial charge in [0, 0.05) is 35.6 Å². The molecule has 1 N–H and O–H groups in total. The largest absolute Gasteiger partial charge is 0.383 e. The molecule has 4 aromatic rings. The van der Waals surface area contributed by atoms with Gasteiger partial charge in [-0.15, -0.1) is 11.3 Å². The van der Waals surface area contributed by atoms with Crippen molar-refractivity contribution >= 4 is 33.8 Å². The van der Waals surface area contributed by atoms with Crippen LogP contribution in [-0.4, -0.2) is 29.2 Å². The molecule has 4 rings (SSSR count). The van der Waals surface area contributed by atoms with E-state index in [2.05, 4.69) is 33.1 Å². The second-order valence-electron chi connectivity index (χ2n) is 7.04. The third-order valence-electron chi connectivity index (χ3n) is 4.93. The molecule has 148 valence electrons. The Balaban J connectivity index is 1.65. The molecular formula is C23H23N3O2S. The van der Waals surface area contributed by atoms with Gasteiger partial charge < -0.3 is 14.6 Å². The van der Waals surface area contributed by atoms with Crippen molar-refractivity contribution in [1.82, 2.24) is 9.55 Å². The maximum atomic E-state index is 12.8. The van der Waals surface area contributed by atoms with Crippen LogP contribution in [0.2, 0.25) is 0 Å². The van der Waals surface area contributed by atoms with Crippen LogP contribution in [0.4, 0.5) is 5.69 Å². The summed E-state index contributed by atoms with van der Waals surface area (Å²) in [5.41, 5.74) is 5.51. The van der Waals surface area contributed by atoms with Crippen LogP contribution in [-0.2, 0) is 11.3 Å². The van der Waals surface area contributed by atoms with Gasteiger partial charge in [-0.3, -0.25) is 4.79 Å². The summed E-state index contributed by atoms with van der Waals surface area (Å²) in [4.78, 5) is 17.4. The van der Waals surface area contributed by atoms with Gasteiger partial charge in [0.2, 0.25) is 0 Å². The van der Waals surface area contributed by atoms with E-state index in [0.29, 0.717) is 12.3 Å². The SMILES string of the molecule is COCCn1c(-c2nc(C(=O)Nc3cc(C)ccc3C)cs2)cc2ccccc21. The molecule has 0 atom stereocenters. The van der Waals surface area contributed by atoms with Crippen molar-refractivity contribution < 1.29 is 9.53 Å². The van der Waals surface area contributed by atoms with Gasteiger partial charge in [0.05, 0.1) is 12.3 Å². The third kappa shape index (κ3) is 3.95. The van der Waals surface area contributed by atoms with Crippen molar-refractivity contribution in [3.05, 3.63) is 70.7 Å². The molecule has 0 aliphatic carbocycles. The highest BCUT2D eigenvalue weighted by molar-refractivity contribution is 7.13. The van der Waals surface area contributed by atoms with E-state index < -0.39 is 0 Å². The van der Waals surface area contributed by atoms with Gasteiger partial charge in [-0.2, -0.15) is 0 Å². The Morgan fingerprint density at radius 2 is 2.00 bits per heavy atom. The molecule has 0 bridgehead atoms. The van der Waals surface area contributed by atoms with E-state index in [1.54, 1.807) is 7.11 Å². The normalized spacial score (nSPS) is 11.1. The quantitative estimate of drug-likeness (QED) is 0.475. The molecule has 6 heteroatoms. The molecule has 0 fully saturated rings. The van der Waals surface area contributed by atoms with Gasteiger partial charge in [-0.25, -0.2) is 4.98 Å². The lowest BCUT2D eigenvalue weighted by molar-refractivity contribution is 0.102. The van der Waals surface area contributed by atoms with E-state index in [0.717, 1.165) is 45.0 Å². The molecule has 0 unspecified atom stereocenters. The molecule has 0 radical (unpaired) electrons. The second kappa shape index (κ2) is 8.19. The Hall–Kier alpha value is -2.96. The lowest BCUT2D eigenvalue weighted by atomic mass is 10.1. The Morgan fingerprint density at radius 3 is 2.83 bits per heavy atom. The summed E-state index contributed by atoms with van der Waals surface area (Å²) in [6.07, 6.45) is 0. The van der Waals surface area contributed by atoms with Crippen LogP contribution in [0.1, 0.15) is 21.6 Å². The van der Waals surface area contributed by atoms with E-state index in [4.69, 9.17) is 4.74 Å². The molecule has 1 amide bonds. The van der Waals surface area contributed by atoms with Crippen LogP contribution in [0.25, 0.3) is 21.6 Å². The minimum Gasteiger partial charge on any atom is -0.383 e. The maximum Gasteiger partial charge on any atom is 0.275 e. The van der Waals surface area contributed by atoms with Gasteiger partial charge in [0.15, 0.2) is 0 Å². The zero-order valence-electron chi connectivity index (χ0n) is 16.7. The summed E-state index contributed by atoms with van der Waals surface area (Å²) < 4.78 is 7.48. The molecule has 2 aromatic carbocycles. The average molecular weight is 406 g/mol. The molecule has 29 heavy (non-hydrogen) atoms. The van der Waals surface area contributed by atoms with Crippen molar-refractivity contribution in [2.75, 3.05) is 19.0 Å². The van der Waals surface area contributed by atoms with E-state index in [1.807, 2.05) is 49.6 Å². The summed E-state index contributed by atoms with van der Waals surface area (Å²) in [6.45, 7) is 5.32. The predicted octanol–water partition coefficient (Wildman–Crippen LogP) is 5.28. The first kappa shape index (κ1) is 19.4. The maximum absolute atomic E-state index is 12.8. The molecule has 0 saturated heterocycles. The Bertz CT molecular complexity index is 1180. The number of hydrogen-bond acceptors (Lipinski definition) is 4. The number of carbonyl (C=O) groups excluding carboxylic acids is 1. The fourth-order valence-electron chi connectivity index (χ4n) is 3.36. The fraction of sp³-hybridized carbons (Fsp3) is 0.217. The first-order valence-electron chi connectivity index (χ1n) is 9.48. The highest BCUT2D eigenvalue weighted by atomic mass is 32.1. The van der Waals surface area contributed by atoms with Crippen molar-refractivity contribution in [1.29, 1.82) is 0 Å². The molecule has 0 aliphatic heterocycles. The second-order valence-corrected chi connectivity index (χ2v) is 7.90. The molecule has 0 spiro atoms. The fourth-order valence-corrected chi connectivity index (χ4v) is 4.19. The van der Waals surface area contributed by atoms with Gasteiger partial charge in [0.25, 0.3) is 5.91 Å². The smallest absolute Gasteiger partial charge is 0.275 e. The summed E-state index contributed by atoms with van der Waals surface area (Å²) in [5.74, 6) is -0.194. The van der Waals surface area contributed by atoms with Crippen molar-refractivity contribution in [2.45, 2.75) is 20.4 Å². The molecule has 2 aromatic heterocycles. The highest BCUT2D eigenvalue weighted by Gasteiger charge is 2.17. The van der Waals surface area contributed by atoms with Crippen molar-refractivity contribution in [3.63, 3.8) is 0 Å².